The molecule has 0 N–H and O–H groups in total. The van der Waals surface area contributed by atoms with Crippen LogP contribution in [0.5, 0.6) is 0 Å². The molecule has 0 atom stereocenters. The molecule has 0 aromatic rings. The van der Waals surface area contributed by atoms with Gasteiger partial charge in [-0.15, -0.1) is 0 Å². The number of halogens is 2. The van der Waals surface area contributed by atoms with Crippen molar-refractivity contribution in [1.29, 1.82) is 0 Å². The first-order valence-electron chi connectivity index (χ1n) is 3.00. The minimum atomic E-state index is -2.95. The summed E-state index contributed by atoms with van der Waals surface area (Å²) < 4.78 is 10.7. The van der Waals surface area contributed by atoms with Crippen molar-refractivity contribution in [3.63, 3.8) is 0 Å². The van der Waals surface area contributed by atoms with Gasteiger partial charge in [0.15, 0.2) is 0 Å². The number of hydrogen-bond donors (Lipinski definition) is 0. The molecule has 0 radical (unpaired) electrons. The van der Waals surface area contributed by atoms with Crippen molar-refractivity contribution in [2.24, 2.45) is 0 Å². The maximum atomic E-state index is 5.34. The van der Waals surface area contributed by atoms with Gasteiger partial charge in [0.2, 0.25) is 0 Å². The summed E-state index contributed by atoms with van der Waals surface area (Å²) in [6.45, 7) is 8.08. The summed E-state index contributed by atoms with van der Waals surface area (Å²) >= 11 is 3.79. The van der Waals surface area contributed by atoms with E-state index in [4.69, 9.17) is 5.63 Å². The van der Waals surface area contributed by atoms with Crippen LogP contribution < -0.4 is 0 Å². The second-order valence-corrected chi connectivity index (χ2v) is 24.0. The third kappa shape index (κ3) is 7.60. The van der Waals surface area contributed by atoms with Gasteiger partial charge in [-0.05, 0) is 0 Å². The quantitative estimate of drug-likeness (QED) is 0.674. The second-order valence-electron chi connectivity index (χ2n) is 1.66. The van der Waals surface area contributed by atoms with Gasteiger partial charge in [0.1, 0.15) is 0 Å². The summed E-state index contributed by atoms with van der Waals surface area (Å²) in [5.74, 6) is 0. The molecular weight excluding hydrogens is 355 g/mol. The van der Waals surface area contributed by atoms with E-state index in [0.29, 0.717) is 13.2 Å². The average molecular weight is 365 g/mol. The molecule has 0 bridgehead atoms. The van der Waals surface area contributed by atoms with Crippen LogP contribution in [0.2, 0.25) is 0 Å². The molecule has 5 heteroatoms. The van der Waals surface area contributed by atoms with Gasteiger partial charge in [-0.3, -0.25) is 0 Å². The Morgan fingerprint density at radius 3 is 1.73 bits per heavy atom. The van der Waals surface area contributed by atoms with Gasteiger partial charge in [-0.25, -0.2) is 0 Å². The summed E-state index contributed by atoms with van der Waals surface area (Å²) in [4.78, 5) is 0. The zero-order valence-corrected chi connectivity index (χ0v) is 11.7. The van der Waals surface area contributed by atoms with Crippen molar-refractivity contribution < 1.29 is 22.1 Å². The van der Waals surface area contributed by atoms with Crippen molar-refractivity contribution in [2.75, 3.05) is 13.2 Å². The van der Waals surface area contributed by atoms with E-state index in [9.17, 15) is 0 Å². The zero-order valence-electron chi connectivity index (χ0n) is 6.06. The van der Waals surface area contributed by atoms with Gasteiger partial charge in [0.05, 0.1) is 0 Å². The Kier molecular flexibility index (Phi) is 7.49. The van der Waals surface area contributed by atoms with Crippen LogP contribution in [0, 0.1) is 0 Å². The van der Waals surface area contributed by atoms with Gasteiger partial charge >= 0.3 is 85.0 Å². The summed E-state index contributed by atoms with van der Waals surface area (Å²) in [6, 6.07) is 0. The van der Waals surface area contributed by atoms with Gasteiger partial charge in [0.25, 0.3) is 0 Å². The van der Waals surface area contributed by atoms with Gasteiger partial charge in [-0.1, -0.05) is 0 Å². The molecule has 0 spiro atoms. The van der Waals surface area contributed by atoms with E-state index in [1.165, 1.54) is 0 Å². The Morgan fingerprint density at radius 2 is 1.45 bits per heavy atom. The zero-order chi connectivity index (χ0) is 8.74. The van der Waals surface area contributed by atoms with E-state index in [2.05, 4.69) is 37.6 Å². The SMILES string of the molecule is C=CC[O][Zr]([Br])([Br])[O]CC=C. The fourth-order valence-electron chi connectivity index (χ4n) is 0.354. The van der Waals surface area contributed by atoms with Crippen molar-refractivity contribution >= 4 is 24.4 Å². The predicted molar refractivity (Wildman–Crippen MR) is 50.2 cm³/mol. The molecule has 0 aliphatic carbocycles. The molecular formula is C6H10Br2O2Zr. The van der Waals surface area contributed by atoms with Crippen LogP contribution in [0.4, 0.5) is 0 Å². The van der Waals surface area contributed by atoms with Crippen LogP contribution in [0.25, 0.3) is 0 Å². The second kappa shape index (κ2) is 6.73. The fraction of sp³-hybridized carbons (Fsp3) is 0.333. The van der Waals surface area contributed by atoms with Crippen molar-refractivity contribution in [3.8, 4) is 0 Å². The van der Waals surface area contributed by atoms with E-state index in [1.54, 1.807) is 12.2 Å². The van der Waals surface area contributed by atoms with E-state index in [0.717, 1.165) is 0 Å². The Hall–Kier alpha value is 1.24. The molecule has 0 aromatic carbocycles. The van der Waals surface area contributed by atoms with Crippen LogP contribution in [0.1, 0.15) is 0 Å². The van der Waals surface area contributed by atoms with Crippen LogP contribution in [0.3, 0.4) is 0 Å². The molecule has 0 amide bonds. The van der Waals surface area contributed by atoms with E-state index < -0.39 is 16.4 Å². The Labute approximate surface area is 84.2 Å². The Bertz CT molecular complexity index is 125. The minimum absolute atomic E-state index is 0.504. The summed E-state index contributed by atoms with van der Waals surface area (Å²) in [7, 11) is 0. The standard InChI is InChI=1S/2C3H5O.2BrH.Zr/c2*1-2-3-4;;;/h2*2H,1,3H2;2*1H;/q2*-1;;;+4/p-2. The molecule has 0 saturated carbocycles. The molecule has 0 unspecified atom stereocenters. The van der Waals surface area contributed by atoms with Gasteiger partial charge in [-0.2, -0.15) is 0 Å². The van der Waals surface area contributed by atoms with Crippen LogP contribution in [-0.2, 0) is 22.1 Å². The van der Waals surface area contributed by atoms with E-state index in [-0.39, 0.29) is 0 Å². The molecule has 2 nitrogen and oxygen atoms in total. The summed E-state index contributed by atoms with van der Waals surface area (Å²) in [5, 5.41) is 0. The van der Waals surface area contributed by atoms with Gasteiger partial charge < -0.3 is 0 Å². The van der Waals surface area contributed by atoms with E-state index in [1.807, 2.05) is 0 Å². The Balaban J connectivity index is 3.59. The van der Waals surface area contributed by atoms with Crippen LogP contribution in [-0.4, -0.2) is 13.2 Å². The summed E-state index contributed by atoms with van der Waals surface area (Å²) in [5.41, 5.74) is 0. The monoisotopic (exact) mass is 362 g/mol. The molecule has 0 heterocycles. The maximum absolute atomic E-state index is 5.34. The molecule has 0 saturated heterocycles. The molecule has 0 fully saturated rings. The molecule has 0 aromatic heterocycles. The first-order valence-corrected chi connectivity index (χ1v) is 16.2. The van der Waals surface area contributed by atoms with Crippen molar-refractivity contribution in [1.82, 2.24) is 0 Å². The molecule has 0 rings (SSSR count). The molecule has 0 aliphatic heterocycles. The van der Waals surface area contributed by atoms with Crippen molar-refractivity contribution in [3.05, 3.63) is 25.3 Å². The first kappa shape index (κ1) is 12.2. The number of rotatable bonds is 6. The molecule has 11 heavy (non-hydrogen) atoms. The summed E-state index contributed by atoms with van der Waals surface area (Å²) in [6.07, 6.45) is 3.37. The third-order valence-electron chi connectivity index (χ3n) is 0.738. The Morgan fingerprint density at radius 1 is 1.09 bits per heavy atom. The average Bonchev–Trinajstić information content (AvgIpc) is 1.97. The predicted octanol–water partition coefficient (Wildman–Crippen LogP) is 3.00. The van der Waals surface area contributed by atoms with Crippen LogP contribution >= 0.6 is 24.4 Å². The van der Waals surface area contributed by atoms with Gasteiger partial charge in [0, 0.05) is 0 Å². The topological polar surface area (TPSA) is 18.5 Å². The fourth-order valence-corrected chi connectivity index (χ4v) is 5.22. The molecule has 0 aliphatic rings. The third-order valence-corrected chi connectivity index (χ3v) is 8.63. The van der Waals surface area contributed by atoms with Crippen LogP contribution in [0.15, 0.2) is 25.3 Å². The number of hydrogen-bond acceptors (Lipinski definition) is 2. The normalized spacial score (nSPS) is 11.1. The molecule has 64 valence electrons. The van der Waals surface area contributed by atoms with E-state index >= 15 is 0 Å². The first-order chi connectivity index (χ1) is 5.12. The van der Waals surface area contributed by atoms with Crippen molar-refractivity contribution in [2.45, 2.75) is 0 Å².